The SMILES string of the molecule is O=C(O)c1ccc2ccccc2c1CS(=O)[O-]. The molecule has 2 aromatic carbocycles. The van der Waals surface area contributed by atoms with Crippen molar-refractivity contribution in [2.45, 2.75) is 5.75 Å². The molecule has 0 aliphatic carbocycles. The smallest absolute Gasteiger partial charge is 0.336 e. The average Bonchev–Trinajstić information content (AvgIpc) is 2.28. The monoisotopic (exact) mass is 249 g/mol. The van der Waals surface area contributed by atoms with Crippen molar-refractivity contribution >= 4 is 27.8 Å². The molecule has 0 bridgehead atoms. The Kier molecular flexibility index (Phi) is 3.21. The van der Waals surface area contributed by atoms with Crippen molar-refractivity contribution in [3.8, 4) is 0 Å². The maximum Gasteiger partial charge on any atom is 0.336 e. The van der Waals surface area contributed by atoms with E-state index in [4.69, 9.17) is 5.11 Å². The second-order valence-corrected chi connectivity index (χ2v) is 4.46. The number of hydrogen-bond acceptors (Lipinski definition) is 3. The Labute approximate surface area is 100 Å². The molecule has 0 saturated carbocycles. The molecule has 0 fully saturated rings. The Bertz CT molecular complexity index is 606. The molecule has 88 valence electrons. The Morgan fingerprint density at radius 1 is 1.24 bits per heavy atom. The molecule has 5 heteroatoms. The second-order valence-electron chi connectivity index (χ2n) is 3.57. The third kappa shape index (κ3) is 2.35. The fourth-order valence-electron chi connectivity index (χ4n) is 1.81. The summed E-state index contributed by atoms with van der Waals surface area (Å²) in [4.78, 5) is 11.0. The first-order valence-electron chi connectivity index (χ1n) is 4.89. The normalized spacial score (nSPS) is 12.5. The van der Waals surface area contributed by atoms with E-state index in [2.05, 4.69) is 0 Å². The number of rotatable bonds is 3. The van der Waals surface area contributed by atoms with Gasteiger partial charge in [0.05, 0.1) is 5.56 Å². The zero-order chi connectivity index (χ0) is 12.4. The summed E-state index contributed by atoms with van der Waals surface area (Å²) in [6, 6.07) is 10.2. The van der Waals surface area contributed by atoms with Crippen LogP contribution in [-0.4, -0.2) is 19.8 Å². The number of benzene rings is 2. The molecule has 0 saturated heterocycles. The van der Waals surface area contributed by atoms with Gasteiger partial charge in [0.25, 0.3) is 0 Å². The highest BCUT2D eigenvalue weighted by atomic mass is 32.2. The van der Waals surface area contributed by atoms with Crippen LogP contribution in [0, 0.1) is 0 Å². The van der Waals surface area contributed by atoms with Gasteiger partial charge < -0.3 is 9.66 Å². The largest absolute Gasteiger partial charge is 0.772 e. The van der Waals surface area contributed by atoms with Crippen molar-refractivity contribution in [1.82, 2.24) is 0 Å². The van der Waals surface area contributed by atoms with Gasteiger partial charge in [-0.3, -0.25) is 4.21 Å². The van der Waals surface area contributed by atoms with Crippen LogP contribution in [0.25, 0.3) is 10.8 Å². The fraction of sp³-hybridized carbons (Fsp3) is 0.0833. The van der Waals surface area contributed by atoms with Crippen LogP contribution in [0.4, 0.5) is 0 Å². The molecule has 4 nitrogen and oxygen atoms in total. The Morgan fingerprint density at radius 2 is 1.94 bits per heavy atom. The van der Waals surface area contributed by atoms with Crippen molar-refractivity contribution in [2.24, 2.45) is 0 Å². The molecule has 0 aromatic heterocycles. The molecule has 0 aliphatic rings. The van der Waals surface area contributed by atoms with Crippen LogP contribution in [0.1, 0.15) is 15.9 Å². The number of carboxylic acid groups (broad SMARTS) is 1. The van der Waals surface area contributed by atoms with Crippen LogP contribution in [0.3, 0.4) is 0 Å². The third-order valence-corrected chi connectivity index (χ3v) is 3.06. The van der Waals surface area contributed by atoms with E-state index in [1.165, 1.54) is 6.07 Å². The van der Waals surface area contributed by atoms with E-state index in [1.807, 2.05) is 12.1 Å². The Balaban J connectivity index is 2.74. The number of carbonyl (C=O) groups is 1. The van der Waals surface area contributed by atoms with E-state index in [-0.39, 0.29) is 11.3 Å². The van der Waals surface area contributed by atoms with Crippen LogP contribution < -0.4 is 0 Å². The summed E-state index contributed by atoms with van der Waals surface area (Å²) in [5.41, 5.74) is 0.372. The molecule has 0 amide bonds. The van der Waals surface area contributed by atoms with Gasteiger partial charge in [-0.15, -0.1) is 0 Å². The highest BCUT2D eigenvalue weighted by Crippen LogP contribution is 2.23. The molecule has 1 atom stereocenters. The molecule has 17 heavy (non-hydrogen) atoms. The van der Waals surface area contributed by atoms with E-state index >= 15 is 0 Å². The molecular weight excluding hydrogens is 240 g/mol. The minimum atomic E-state index is -2.31. The summed E-state index contributed by atoms with van der Waals surface area (Å²) in [7, 11) is 0. The van der Waals surface area contributed by atoms with E-state index in [9.17, 15) is 13.6 Å². The van der Waals surface area contributed by atoms with Crippen LogP contribution in [0.2, 0.25) is 0 Å². The van der Waals surface area contributed by atoms with Crippen LogP contribution in [-0.2, 0) is 16.8 Å². The molecule has 0 spiro atoms. The van der Waals surface area contributed by atoms with E-state index < -0.39 is 17.0 Å². The van der Waals surface area contributed by atoms with Crippen molar-refractivity contribution < 1.29 is 18.7 Å². The van der Waals surface area contributed by atoms with Crippen molar-refractivity contribution in [3.05, 3.63) is 47.5 Å². The number of hydrogen-bond donors (Lipinski definition) is 1. The summed E-state index contributed by atoms with van der Waals surface area (Å²) in [5, 5.41) is 10.5. The minimum Gasteiger partial charge on any atom is -0.772 e. The number of carboxylic acids is 1. The van der Waals surface area contributed by atoms with Gasteiger partial charge in [0.15, 0.2) is 0 Å². The zero-order valence-electron chi connectivity index (χ0n) is 8.75. The molecular formula is C12H9O4S-. The molecule has 0 aliphatic heterocycles. The van der Waals surface area contributed by atoms with Gasteiger partial charge in [-0.25, -0.2) is 4.79 Å². The highest BCUT2D eigenvalue weighted by Gasteiger charge is 2.12. The Hall–Kier alpha value is -1.72. The highest BCUT2D eigenvalue weighted by molar-refractivity contribution is 7.78. The standard InChI is InChI=1S/C12H10O4S/c13-12(14)10-6-5-8-3-1-2-4-9(8)11(10)7-17(15)16/h1-6H,7H2,(H,13,14)(H,15,16)/p-1. The van der Waals surface area contributed by atoms with Crippen molar-refractivity contribution in [2.75, 3.05) is 0 Å². The third-order valence-electron chi connectivity index (χ3n) is 2.53. The Morgan fingerprint density at radius 3 is 2.59 bits per heavy atom. The van der Waals surface area contributed by atoms with E-state index in [0.29, 0.717) is 10.9 Å². The summed E-state index contributed by atoms with van der Waals surface area (Å²) >= 11 is -2.31. The molecule has 0 radical (unpaired) electrons. The molecule has 2 aromatic rings. The summed E-state index contributed by atoms with van der Waals surface area (Å²) < 4.78 is 21.6. The lowest BCUT2D eigenvalue weighted by molar-refractivity contribution is 0.0696. The van der Waals surface area contributed by atoms with Crippen LogP contribution in [0.15, 0.2) is 36.4 Å². The van der Waals surface area contributed by atoms with Crippen molar-refractivity contribution in [1.29, 1.82) is 0 Å². The first kappa shape index (κ1) is 11.8. The van der Waals surface area contributed by atoms with Gasteiger partial charge in [-0.05, 0) is 22.4 Å². The van der Waals surface area contributed by atoms with Gasteiger partial charge in [0.2, 0.25) is 0 Å². The maximum absolute atomic E-state index is 11.0. The predicted molar refractivity (Wildman–Crippen MR) is 63.5 cm³/mol. The first-order chi connectivity index (χ1) is 8.09. The number of fused-ring (bicyclic) bond motifs is 1. The molecule has 1 unspecified atom stereocenters. The topological polar surface area (TPSA) is 77.4 Å². The number of aromatic carboxylic acids is 1. The quantitative estimate of drug-likeness (QED) is 0.843. The molecule has 1 N–H and O–H groups in total. The van der Waals surface area contributed by atoms with E-state index in [0.717, 1.165) is 5.39 Å². The van der Waals surface area contributed by atoms with Crippen LogP contribution in [0.5, 0.6) is 0 Å². The van der Waals surface area contributed by atoms with Gasteiger partial charge in [-0.1, -0.05) is 41.4 Å². The second kappa shape index (κ2) is 4.65. The molecule has 2 rings (SSSR count). The van der Waals surface area contributed by atoms with Gasteiger partial charge in [0.1, 0.15) is 0 Å². The minimum absolute atomic E-state index is 0.0351. The first-order valence-corrected chi connectivity index (χ1v) is 6.14. The van der Waals surface area contributed by atoms with Crippen LogP contribution >= 0.6 is 0 Å². The maximum atomic E-state index is 11.0. The lowest BCUT2D eigenvalue weighted by atomic mass is 10.0. The average molecular weight is 249 g/mol. The lowest BCUT2D eigenvalue weighted by Gasteiger charge is -2.12. The fourth-order valence-corrected chi connectivity index (χ4v) is 2.36. The zero-order valence-corrected chi connectivity index (χ0v) is 9.57. The summed E-state index contributed by atoms with van der Waals surface area (Å²) in [6.07, 6.45) is 0. The van der Waals surface area contributed by atoms with Gasteiger partial charge >= 0.3 is 5.97 Å². The van der Waals surface area contributed by atoms with Gasteiger partial charge in [0, 0.05) is 5.75 Å². The van der Waals surface area contributed by atoms with E-state index in [1.54, 1.807) is 18.2 Å². The van der Waals surface area contributed by atoms with Gasteiger partial charge in [-0.2, -0.15) is 0 Å². The summed E-state index contributed by atoms with van der Waals surface area (Å²) in [5.74, 6) is -1.40. The molecule has 0 heterocycles. The lowest BCUT2D eigenvalue weighted by Crippen LogP contribution is -2.05. The van der Waals surface area contributed by atoms with Crippen molar-refractivity contribution in [3.63, 3.8) is 0 Å². The predicted octanol–water partition coefficient (Wildman–Crippen LogP) is 1.92. The summed E-state index contributed by atoms with van der Waals surface area (Å²) in [6.45, 7) is 0.